The van der Waals surface area contributed by atoms with Crippen molar-refractivity contribution in [2.24, 2.45) is 11.7 Å². The van der Waals surface area contributed by atoms with Gasteiger partial charge in [0.1, 0.15) is 5.78 Å². The van der Waals surface area contributed by atoms with Crippen LogP contribution in [0, 0.1) is 17.8 Å². The van der Waals surface area contributed by atoms with E-state index in [1.807, 2.05) is 0 Å². The van der Waals surface area contributed by atoms with E-state index in [4.69, 9.17) is 5.73 Å². The first-order valence-electron chi connectivity index (χ1n) is 4.35. The third-order valence-corrected chi connectivity index (χ3v) is 1.89. The van der Waals surface area contributed by atoms with Crippen LogP contribution < -0.4 is 5.73 Å². The van der Waals surface area contributed by atoms with Crippen molar-refractivity contribution in [3.8, 4) is 11.8 Å². The summed E-state index contributed by atoms with van der Waals surface area (Å²) >= 11 is 0. The Hall–Kier alpha value is -0.810. The first-order chi connectivity index (χ1) is 5.74. The highest BCUT2D eigenvalue weighted by atomic mass is 16.1. The molecule has 2 nitrogen and oxygen atoms in total. The minimum Gasteiger partial charge on any atom is -0.330 e. The zero-order chi connectivity index (χ0) is 9.40. The highest BCUT2D eigenvalue weighted by Crippen LogP contribution is 2.07. The van der Waals surface area contributed by atoms with Crippen LogP contribution in [0.1, 0.15) is 33.1 Å². The maximum atomic E-state index is 11.2. The van der Waals surface area contributed by atoms with Gasteiger partial charge in [0.25, 0.3) is 0 Å². The normalized spacial score (nSPS) is 11.6. The summed E-state index contributed by atoms with van der Waals surface area (Å²) in [7, 11) is 0. The average molecular weight is 167 g/mol. The molecule has 0 saturated carbocycles. The molecule has 0 radical (unpaired) electrons. The molecule has 68 valence electrons. The standard InChI is InChI=1S/C10H17NO/c1-3-5-6-10(12)7-9(4-2)8-11/h9H,4,6-8,11H2,1-2H3. The number of Topliss-reactive ketones (excluding diaryl/α,β-unsaturated/α-hetero) is 1. The molecule has 0 rings (SSSR count). The number of rotatable bonds is 5. The van der Waals surface area contributed by atoms with Crippen LogP contribution >= 0.6 is 0 Å². The molecule has 12 heavy (non-hydrogen) atoms. The molecule has 0 saturated heterocycles. The lowest BCUT2D eigenvalue weighted by molar-refractivity contribution is -0.118. The molecule has 2 heteroatoms. The molecule has 1 unspecified atom stereocenters. The summed E-state index contributed by atoms with van der Waals surface area (Å²) in [6, 6.07) is 0. The van der Waals surface area contributed by atoms with E-state index in [2.05, 4.69) is 18.8 Å². The summed E-state index contributed by atoms with van der Waals surface area (Å²) in [5, 5.41) is 0. The van der Waals surface area contributed by atoms with Gasteiger partial charge < -0.3 is 5.73 Å². The Bertz CT molecular complexity index is 184. The van der Waals surface area contributed by atoms with Crippen molar-refractivity contribution in [3.05, 3.63) is 0 Å². The van der Waals surface area contributed by atoms with Gasteiger partial charge in [-0.15, -0.1) is 5.92 Å². The Morgan fingerprint density at radius 1 is 1.58 bits per heavy atom. The molecule has 0 bridgehead atoms. The molecule has 1 atom stereocenters. The second kappa shape index (κ2) is 6.87. The van der Waals surface area contributed by atoms with Crippen molar-refractivity contribution in [1.82, 2.24) is 0 Å². The molecule has 0 aliphatic heterocycles. The van der Waals surface area contributed by atoms with Crippen LogP contribution in [0.4, 0.5) is 0 Å². The second-order valence-corrected chi connectivity index (χ2v) is 2.86. The number of ketones is 1. The van der Waals surface area contributed by atoms with Gasteiger partial charge in [-0.1, -0.05) is 19.3 Å². The zero-order valence-electron chi connectivity index (χ0n) is 7.89. The summed E-state index contributed by atoms with van der Waals surface area (Å²) in [6.07, 6.45) is 1.94. The van der Waals surface area contributed by atoms with Gasteiger partial charge in [-0.25, -0.2) is 0 Å². The van der Waals surface area contributed by atoms with E-state index >= 15 is 0 Å². The fourth-order valence-corrected chi connectivity index (χ4v) is 0.975. The fraction of sp³-hybridized carbons (Fsp3) is 0.700. The van der Waals surface area contributed by atoms with Crippen molar-refractivity contribution in [2.75, 3.05) is 6.54 Å². The van der Waals surface area contributed by atoms with E-state index in [0.29, 0.717) is 25.3 Å². The molecule has 0 amide bonds. The predicted octanol–water partition coefficient (Wildman–Crippen LogP) is 1.34. The number of nitrogens with two attached hydrogens (primary N) is 1. The third kappa shape index (κ3) is 4.92. The molecule has 0 aliphatic rings. The molecule has 0 aliphatic carbocycles. The number of hydrogen-bond acceptors (Lipinski definition) is 2. The van der Waals surface area contributed by atoms with Crippen molar-refractivity contribution >= 4 is 5.78 Å². The fourth-order valence-electron chi connectivity index (χ4n) is 0.975. The van der Waals surface area contributed by atoms with E-state index in [9.17, 15) is 4.79 Å². The van der Waals surface area contributed by atoms with E-state index in [1.165, 1.54) is 0 Å². The van der Waals surface area contributed by atoms with Crippen LogP contribution in [0.5, 0.6) is 0 Å². The summed E-state index contributed by atoms with van der Waals surface area (Å²) in [6.45, 7) is 4.39. The van der Waals surface area contributed by atoms with Gasteiger partial charge in [-0.3, -0.25) is 4.79 Å². The SMILES string of the molecule is CC#CCC(=O)CC(CC)CN. The van der Waals surface area contributed by atoms with E-state index in [1.54, 1.807) is 6.92 Å². The Morgan fingerprint density at radius 3 is 2.67 bits per heavy atom. The molecule has 0 heterocycles. The molecule has 2 N–H and O–H groups in total. The Balaban J connectivity index is 3.71. The van der Waals surface area contributed by atoms with E-state index in [0.717, 1.165) is 6.42 Å². The van der Waals surface area contributed by atoms with Crippen molar-refractivity contribution in [3.63, 3.8) is 0 Å². The molecular formula is C10H17NO. The Morgan fingerprint density at radius 2 is 2.25 bits per heavy atom. The van der Waals surface area contributed by atoms with Gasteiger partial charge in [0.2, 0.25) is 0 Å². The van der Waals surface area contributed by atoms with Crippen LogP contribution in [0.25, 0.3) is 0 Å². The number of hydrogen-bond donors (Lipinski definition) is 1. The maximum absolute atomic E-state index is 11.2. The van der Waals surface area contributed by atoms with E-state index < -0.39 is 0 Å². The van der Waals surface area contributed by atoms with Gasteiger partial charge in [0, 0.05) is 6.42 Å². The molecule has 0 fully saturated rings. The van der Waals surface area contributed by atoms with Gasteiger partial charge in [-0.05, 0) is 19.4 Å². The molecule has 0 spiro atoms. The van der Waals surface area contributed by atoms with Crippen LogP contribution in [0.3, 0.4) is 0 Å². The van der Waals surface area contributed by atoms with Gasteiger partial charge in [-0.2, -0.15) is 0 Å². The first kappa shape index (κ1) is 11.2. The highest BCUT2D eigenvalue weighted by Gasteiger charge is 2.08. The van der Waals surface area contributed by atoms with Crippen molar-refractivity contribution in [1.29, 1.82) is 0 Å². The summed E-state index contributed by atoms with van der Waals surface area (Å²) < 4.78 is 0. The third-order valence-electron chi connectivity index (χ3n) is 1.89. The minimum absolute atomic E-state index is 0.210. The largest absolute Gasteiger partial charge is 0.330 e. The Labute approximate surface area is 74.5 Å². The first-order valence-corrected chi connectivity index (χ1v) is 4.35. The number of carbonyl (C=O) groups is 1. The topological polar surface area (TPSA) is 43.1 Å². The molecule has 0 aromatic heterocycles. The van der Waals surface area contributed by atoms with Crippen LogP contribution in [-0.2, 0) is 4.79 Å². The van der Waals surface area contributed by atoms with Crippen LogP contribution in [-0.4, -0.2) is 12.3 Å². The molecule has 0 aromatic carbocycles. The maximum Gasteiger partial charge on any atom is 0.145 e. The molecular weight excluding hydrogens is 150 g/mol. The van der Waals surface area contributed by atoms with E-state index in [-0.39, 0.29) is 5.78 Å². The lowest BCUT2D eigenvalue weighted by Crippen LogP contribution is -2.17. The summed E-state index contributed by atoms with van der Waals surface area (Å²) in [5.41, 5.74) is 5.47. The monoisotopic (exact) mass is 167 g/mol. The van der Waals surface area contributed by atoms with Crippen LogP contribution in [0.15, 0.2) is 0 Å². The second-order valence-electron chi connectivity index (χ2n) is 2.86. The lowest BCUT2D eigenvalue weighted by atomic mass is 9.99. The predicted molar refractivity (Wildman–Crippen MR) is 50.5 cm³/mol. The number of carbonyl (C=O) groups excluding carboxylic acids is 1. The lowest BCUT2D eigenvalue weighted by Gasteiger charge is -2.08. The minimum atomic E-state index is 0.210. The quantitative estimate of drug-likeness (QED) is 0.628. The van der Waals surface area contributed by atoms with Crippen molar-refractivity contribution in [2.45, 2.75) is 33.1 Å². The van der Waals surface area contributed by atoms with Gasteiger partial charge in [0.05, 0.1) is 6.42 Å². The zero-order valence-corrected chi connectivity index (χ0v) is 7.89. The average Bonchev–Trinajstić information content (AvgIpc) is 2.10. The summed E-state index contributed by atoms with van der Waals surface area (Å²) in [4.78, 5) is 11.2. The molecule has 0 aromatic rings. The smallest absolute Gasteiger partial charge is 0.145 e. The Kier molecular flexibility index (Phi) is 6.41. The highest BCUT2D eigenvalue weighted by molar-refractivity contribution is 5.81. The van der Waals surface area contributed by atoms with Crippen LogP contribution in [0.2, 0.25) is 0 Å². The summed E-state index contributed by atoms with van der Waals surface area (Å²) in [5.74, 6) is 6.02. The van der Waals surface area contributed by atoms with Crippen molar-refractivity contribution < 1.29 is 4.79 Å². The van der Waals surface area contributed by atoms with Gasteiger partial charge in [0.15, 0.2) is 0 Å². The van der Waals surface area contributed by atoms with Gasteiger partial charge >= 0.3 is 0 Å².